The zero-order chi connectivity index (χ0) is 10.1. The summed E-state index contributed by atoms with van der Waals surface area (Å²) in [5, 5.41) is 3.18. The van der Waals surface area contributed by atoms with Crippen LogP contribution in [-0.4, -0.2) is 19.6 Å². The third kappa shape index (κ3) is 1.28. The Bertz CT molecular complexity index is 388. The number of methoxy groups -OCH3 is 1. The SMILES string of the molecule is COC(=O)c1cc(N)c2c(c1)CCN2. The molecule has 1 heterocycles. The molecule has 1 aromatic carbocycles. The molecule has 0 bridgehead atoms. The topological polar surface area (TPSA) is 64.3 Å². The molecule has 1 aromatic rings. The smallest absolute Gasteiger partial charge is 0.337 e. The lowest BCUT2D eigenvalue weighted by atomic mass is 10.1. The molecule has 0 saturated carbocycles. The fourth-order valence-electron chi connectivity index (χ4n) is 1.70. The van der Waals surface area contributed by atoms with Crippen molar-refractivity contribution in [3.63, 3.8) is 0 Å². The highest BCUT2D eigenvalue weighted by molar-refractivity contribution is 5.93. The van der Waals surface area contributed by atoms with E-state index in [1.165, 1.54) is 7.11 Å². The van der Waals surface area contributed by atoms with Crippen LogP contribution in [0.2, 0.25) is 0 Å². The van der Waals surface area contributed by atoms with E-state index < -0.39 is 0 Å². The summed E-state index contributed by atoms with van der Waals surface area (Å²) < 4.78 is 4.64. The second-order valence-electron chi connectivity index (χ2n) is 3.27. The molecule has 0 amide bonds. The first kappa shape index (κ1) is 8.87. The molecule has 0 fully saturated rings. The molecule has 0 unspecified atom stereocenters. The average Bonchev–Trinajstić information content (AvgIpc) is 2.64. The maximum Gasteiger partial charge on any atom is 0.337 e. The quantitative estimate of drug-likeness (QED) is 0.515. The number of carbonyl (C=O) groups excluding carboxylic acids is 1. The van der Waals surface area contributed by atoms with Crippen LogP contribution >= 0.6 is 0 Å². The van der Waals surface area contributed by atoms with Crippen molar-refractivity contribution in [2.24, 2.45) is 0 Å². The highest BCUT2D eigenvalue weighted by atomic mass is 16.5. The summed E-state index contributed by atoms with van der Waals surface area (Å²) in [6, 6.07) is 3.47. The fraction of sp³-hybridized carbons (Fsp3) is 0.300. The summed E-state index contributed by atoms with van der Waals surface area (Å²) in [5.41, 5.74) is 8.97. The largest absolute Gasteiger partial charge is 0.465 e. The third-order valence-electron chi connectivity index (χ3n) is 2.37. The number of anilines is 2. The number of hydrogen-bond acceptors (Lipinski definition) is 4. The van der Waals surface area contributed by atoms with Crippen molar-refractivity contribution in [2.75, 3.05) is 24.7 Å². The predicted octanol–water partition coefficient (Wildman–Crippen LogP) is 1.02. The molecular formula is C10H12N2O2. The Hall–Kier alpha value is -1.71. The Labute approximate surface area is 82.1 Å². The van der Waals surface area contributed by atoms with Crippen LogP contribution in [0.4, 0.5) is 11.4 Å². The summed E-state index contributed by atoms with van der Waals surface area (Å²) in [7, 11) is 1.37. The highest BCUT2D eigenvalue weighted by Crippen LogP contribution is 2.30. The Morgan fingerprint density at radius 3 is 3.07 bits per heavy atom. The number of ether oxygens (including phenoxy) is 1. The van der Waals surface area contributed by atoms with E-state index in [0.717, 1.165) is 24.2 Å². The number of nitrogens with two attached hydrogens (primary N) is 1. The third-order valence-corrected chi connectivity index (χ3v) is 2.37. The zero-order valence-corrected chi connectivity index (χ0v) is 7.96. The van der Waals surface area contributed by atoms with E-state index >= 15 is 0 Å². The van der Waals surface area contributed by atoms with Crippen LogP contribution in [0.1, 0.15) is 15.9 Å². The van der Waals surface area contributed by atoms with E-state index in [-0.39, 0.29) is 5.97 Å². The Kier molecular flexibility index (Phi) is 2.04. The van der Waals surface area contributed by atoms with Crippen molar-refractivity contribution in [3.05, 3.63) is 23.3 Å². The fourth-order valence-corrected chi connectivity index (χ4v) is 1.70. The average molecular weight is 192 g/mol. The van der Waals surface area contributed by atoms with Gasteiger partial charge < -0.3 is 15.8 Å². The summed E-state index contributed by atoms with van der Waals surface area (Å²) in [6.45, 7) is 0.879. The van der Waals surface area contributed by atoms with Crippen LogP contribution < -0.4 is 11.1 Å². The highest BCUT2D eigenvalue weighted by Gasteiger charge is 2.16. The number of nitrogens with one attached hydrogen (secondary N) is 1. The van der Waals surface area contributed by atoms with E-state index in [4.69, 9.17) is 5.73 Å². The summed E-state index contributed by atoms with van der Waals surface area (Å²) in [6.07, 6.45) is 0.907. The van der Waals surface area contributed by atoms with E-state index in [1.54, 1.807) is 6.07 Å². The Morgan fingerprint density at radius 2 is 2.36 bits per heavy atom. The van der Waals surface area contributed by atoms with Gasteiger partial charge >= 0.3 is 5.97 Å². The van der Waals surface area contributed by atoms with Gasteiger partial charge in [-0.15, -0.1) is 0 Å². The molecule has 74 valence electrons. The molecule has 1 aliphatic heterocycles. The van der Waals surface area contributed by atoms with Gasteiger partial charge in [-0.3, -0.25) is 0 Å². The van der Waals surface area contributed by atoms with E-state index in [0.29, 0.717) is 11.3 Å². The Balaban J connectivity index is 2.46. The van der Waals surface area contributed by atoms with Crippen molar-refractivity contribution in [1.82, 2.24) is 0 Å². The minimum absolute atomic E-state index is 0.341. The van der Waals surface area contributed by atoms with Crippen LogP contribution in [-0.2, 0) is 11.2 Å². The monoisotopic (exact) mass is 192 g/mol. The minimum atomic E-state index is -0.341. The van der Waals surface area contributed by atoms with Crippen molar-refractivity contribution < 1.29 is 9.53 Å². The number of nitrogen functional groups attached to an aromatic ring is 1. The first-order valence-electron chi connectivity index (χ1n) is 4.47. The molecule has 1 aliphatic rings. The molecule has 14 heavy (non-hydrogen) atoms. The molecular weight excluding hydrogens is 180 g/mol. The van der Waals surface area contributed by atoms with Crippen molar-refractivity contribution in [1.29, 1.82) is 0 Å². The molecule has 0 saturated heterocycles. The van der Waals surface area contributed by atoms with Crippen LogP contribution in [0.25, 0.3) is 0 Å². The van der Waals surface area contributed by atoms with Crippen molar-refractivity contribution in [3.8, 4) is 0 Å². The number of benzene rings is 1. The lowest BCUT2D eigenvalue weighted by Crippen LogP contribution is -2.03. The number of carbonyl (C=O) groups is 1. The molecule has 0 aliphatic carbocycles. The molecule has 0 aromatic heterocycles. The lowest BCUT2D eigenvalue weighted by Gasteiger charge is -2.06. The number of rotatable bonds is 1. The summed E-state index contributed by atoms with van der Waals surface area (Å²) >= 11 is 0. The van der Waals surface area contributed by atoms with Crippen LogP contribution in [0, 0.1) is 0 Å². The summed E-state index contributed by atoms with van der Waals surface area (Å²) in [5.74, 6) is -0.341. The Morgan fingerprint density at radius 1 is 1.57 bits per heavy atom. The zero-order valence-electron chi connectivity index (χ0n) is 7.96. The molecule has 0 atom stereocenters. The maximum absolute atomic E-state index is 11.3. The second-order valence-corrected chi connectivity index (χ2v) is 3.27. The molecule has 2 rings (SSSR count). The van der Waals surface area contributed by atoms with Gasteiger partial charge in [0.1, 0.15) is 0 Å². The molecule has 3 N–H and O–H groups in total. The van der Waals surface area contributed by atoms with Crippen LogP contribution in [0.3, 0.4) is 0 Å². The van der Waals surface area contributed by atoms with Gasteiger partial charge in [-0.2, -0.15) is 0 Å². The van der Waals surface area contributed by atoms with E-state index in [1.807, 2.05) is 6.07 Å². The predicted molar refractivity (Wildman–Crippen MR) is 54.4 cm³/mol. The summed E-state index contributed by atoms with van der Waals surface area (Å²) in [4.78, 5) is 11.3. The van der Waals surface area contributed by atoms with Gasteiger partial charge in [0.15, 0.2) is 0 Å². The lowest BCUT2D eigenvalue weighted by molar-refractivity contribution is 0.0600. The molecule has 0 spiro atoms. The normalized spacial score (nSPS) is 13.2. The van der Waals surface area contributed by atoms with Crippen molar-refractivity contribution in [2.45, 2.75) is 6.42 Å². The molecule has 4 heteroatoms. The van der Waals surface area contributed by atoms with E-state index in [9.17, 15) is 4.79 Å². The number of fused-ring (bicyclic) bond motifs is 1. The van der Waals surface area contributed by atoms with Gasteiger partial charge in [0.25, 0.3) is 0 Å². The van der Waals surface area contributed by atoms with Gasteiger partial charge in [-0.1, -0.05) is 0 Å². The van der Waals surface area contributed by atoms with Crippen LogP contribution in [0.15, 0.2) is 12.1 Å². The maximum atomic E-state index is 11.3. The van der Waals surface area contributed by atoms with Gasteiger partial charge in [0.05, 0.1) is 24.0 Å². The standard InChI is InChI=1S/C10H12N2O2/c1-14-10(13)7-4-6-2-3-12-9(6)8(11)5-7/h4-5,12H,2-3,11H2,1H3. The van der Waals surface area contributed by atoms with Crippen molar-refractivity contribution >= 4 is 17.3 Å². The van der Waals surface area contributed by atoms with E-state index in [2.05, 4.69) is 10.1 Å². The number of hydrogen-bond donors (Lipinski definition) is 2. The van der Waals surface area contributed by atoms with Gasteiger partial charge in [0, 0.05) is 6.54 Å². The number of esters is 1. The van der Waals surface area contributed by atoms with Gasteiger partial charge in [0.2, 0.25) is 0 Å². The minimum Gasteiger partial charge on any atom is -0.465 e. The van der Waals surface area contributed by atoms with Crippen LogP contribution in [0.5, 0.6) is 0 Å². The molecule has 0 radical (unpaired) electrons. The van der Waals surface area contributed by atoms with Gasteiger partial charge in [-0.25, -0.2) is 4.79 Å². The first-order valence-corrected chi connectivity index (χ1v) is 4.47. The second kappa shape index (κ2) is 3.21. The first-order chi connectivity index (χ1) is 6.72. The van der Waals surface area contributed by atoms with Gasteiger partial charge in [-0.05, 0) is 24.1 Å². The molecule has 4 nitrogen and oxygen atoms in total.